The van der Waals surface area contributed by atoms with Crippen molar-refractivity contribution >= 4 is 29.0 Å². The van der Waals surface area contributed by atoms with Crippen LogP contribution in [-0.2, 0) is 4.79 Å². The van der Waals surface area contributed by atoms with E-state index in [1.54, 1.807) is 0 Å². The molecule has 0 heterocycles. The fourth-order valence-corrected chi connectivity index (χ4v) is 4.85. The molecule has 9 heteroatoms. The summed E-state index contributed by atoms with van der Waals surface area (Å²) >= 11 is 5.78. The molecule has 0 spiro atoms. The Labute approximate surface area is 174 Å². The lowest BCUT2D eigenvalue weighted by Crippen LogP contribution is -2.36. The highest BCUT2D eigenvalue weighted by Gasteiger charge is 2.48. The third-order valence-electron chi connectivity index (χ3n) is 6.14. The van der Waals surface area contributed by atoms with Crippen LogP contribution in [0.1, 0.15) is 25.7 Å². The number of hydrogen-bond acceptors (Lipinski definition) is 5. The number of halogens is 2. The van der Waals surface area contributed by atoms with Gasteiger partial charge in [0.2, 0.25) is 0 Å². The normalized spacial score (nSPS) is 30.1. The molecular formula is C20H27ClFN5O2. The highest BCUT2D eigenvalue weighted by atomic mass is 35.5. The summed E-state index contributed by atoms with van der Waals surface area (Å²) in [7, 11) is 1.48. The van der Waals surface area contributed by atoms with Gasteiger partial charge >= 0.3 is 0 Å². The van der Waals surface area contributed by atoms with Crippen LogP contribution < -0.4 is 22.5 Å². The van der Waals surface area contributed by atoms with Gasteiger partial charge in [-0.1, -0.05) is 11.6 Å². The molecule has 2 fully saturated rings. The average molecular weight is 424 g/mol. The maximum atomic E-state index is 13.4. The Balaban J connectivity index is 1.81. The SMILES string of the molecule is CN=C(N)C(C(=O)Nc1ccc(F)c(Cl)c1)=C(N)C1CC2CC(O)(CN)CC2C1. The maximum Gasteiger partial charge on any atom is 0.261 e. The smallest absolute Gasteiger partial charge is 0.261 e. The highest BCUT2D eigenvalue weighted by Crippen LogP contribution is 2.52. The van der Waals surface area contributed by atoms with E-state index >= 15 is 0 Å². The number of aliphatic hydroxyl groups is 1. The molecule has 1 aromatic carbocycles. The van der Waals surface area contributed by atoms with Crippen molar-refractivity contribution in [2.75, 3.05) is 18.9 Å². The third-order valence-corrected chi connectivity index (χ3v) is 6.43. The number of rotatable bonds is 5. The monoisotopic (exact) mass is 423 g/mol. The van der Waals surface area contributed by atoms with Crippen LogP contribution in [0.25, 0.3) is 0 Å². The summed E-state index contributed by atoms with van der Waals surface area (Å²) in [4.78, 5) is 16.8. The van der Waals surface area contributed by atoms with Gasteiger partial charge in [-0.15, -0.1) is 0 Å². The summed E-state index contributed by atoms with van der Waals surface area (Å²) in [5.74, 6) is -0.485. The van der Waals surface area contributed by atoms with Crippen molar-refractivity contribution in [2.24, 2.45) is 39.9 Å². The molecule has 2 saturated carbocycles. The number of carbonyl (C=O) groups is 1. The Bertz CT molecular complexity index is 858. The Kier molecular flexibility index (Phi) is 6.16. The molecule has 2 aliphatic carbocycles. The first-order chi connectivity index (χ1) is 13.7. The fourth-order valence-electron chi connectivity index (χ4n) is 4.67. The van der Waals surface area contributed by atoms with Gasteiger partial charge in [-0.2, -0.15) is 0 Å². The van der Waals surface area contributed by atoms with E-state index in [-0.39, 0.29) is 28.9 Å². The van der Waals surface area contributed by atoms with Crippen LogP contribution in [0.5, 0.6) is 0 Å². The van der Waals surface area contributed by atoms with Gasteiger partial charge < -0.3 is 27.6 Å². The van der Waals surface area contributed by atoms with E-state index < -0.39 is 17.3 Å². The Morgan fingerprint density at radius 1 is 1.34 bits per heavy atom. The summed E-state index contributed by atoms with van der Waals surface area (Å²) < 4.78 is 13.4. The third kappa shape index (κ3) is 4.39. The minimum absolute atomic E-state index is 0.0312. The number of nitrogens with zero attached hydrogens (tertiary/aromatic N) is 1. The van der Waals surface area contributed by atoms with Crippen LogP contribution in [0.2, 0.25) is 5.02 Å². The van der Waals surface area contributed by atoms with Gasteiger partial charge in [-0.05, 0) is 61.6 Å². The number of fused-ring (bicyclic) bond motifs is 1. The van der Waals surface area contributed by atoms with Gasteiger partial charge in [0.15, 0.2) is 0 Å². The summed E-state index contributed by atoms with van der Waals surface area (Å²) in [6, 6.07) is 3.88. The number of amidine groups is 1. The Hall–Kier alpha value is -2.16. The van der Waals surface area contributed by atoms with Crippen molar-refractivity contribution < 1.29 is 14.3 Å². The van der Waals surface area contributed by atoms with E-state index in [0.717, 1.165) is 12.8 Å². The molecule has 2 aliphatic rings. The van der Waals surface area contributed by atoms with Crippen LogP contribution >= 0.6 is 11.6 Å². The topological polar surface area (TPSA) is 140 Å². The van der Waals surface area contributed by atoms with Crippen molar-refractivity contribution in [1.29, 1.82) is 0 Å². The van der Waals surface area contributed by atoms with Crippen LogP contribution in [0, 0.1) is 23.6 Å². The lowest BCUT2D eigenvalue weighted by atomic mass is 9.91. The molecule has 158 valence electrons. The highest BCUT2D eigenvalue weighted by molar-refractivity contribution is 6.31. The zero-order valence-corrected chi connectivity index (χ0v) is 17.0. The van der Waals surface area contributed by atoms with E-state index in [4.69, 9.17) is 28.8 Å². The largest absolute Gasteiger partial charge is 0.401 e. The number of hydrogen-bond donors (Lipinski definition) is 5. The molecular weight excluding hydrogens is 397 g/mol. The lowest BCUT2D eigenvalue weighted by Gasteiger charge is -2.23. The molecule has 1 amide bonds. The number of anilines is 1. The van der Waals surface area contributed by atoms with Gasteiger partial charge in [0.1, 0.15) is 17.2 Å². The Morgan fingerprint density at radius 2 is 1.97 bits per heavy atom. The number of amides is 1. The molecule has 0 bridgehead atoms. The number of aliphatic imine (C=N–C) groups is 1. The average Bonchev–Trinajstić information content (AvgIpc) is 3.20. The predicted octanol–water partition coefficient (Wildman–Crippen LogP) is 1.74. The van der Waals surface area contributed by atoms with Crippen molar-refractivity contribution in [1.82, 2.24) is 0 Å². The Morgan fingerprint density at radius 3 is 2.48 bits per heavy atom. The van der Waals surface area contributed by atoms with E-state index in [0.29, 0.717) is 36.1 Å². The number of nitrogens with one attached hydrogen (secondary N) is 1. The minimum atomic E-state index is -0.801. The zero-order valence-electron chi connectivity index (χ0n) is 16.3. The molecule has 7 nitrogen and oxygen atoms in total. The fraction of sp³-hybridized carbons (Fsp3) is 0.500. The first kappa shape index (κ1) is 21.5. The van der Waals surface area contributed by atoms with Crippen molar-refractivity contribution in [3.8, 4) is 0 Å². The second kappa shape index (κ2) is 8.30. The minimum Gasteiger partial charge on any atom is -0.401 e. The molecule has 3 rings (SSSR count). The number of allylic oxidation sites excluding steroid dienone is 1. The van der Waals surface area contributed by atoms with E-state index in [9.17, 15) is 14.3 Å². The molecule has 2 unspecified atom stereocenters. The van der Waals surface area contributed by atoms with Crippen LogP contribution in [0.15, 0.2) is 34.5 Å². The van der Waals surface area contributed by atoms with Crippen LogP contribution in [0.4, 0.5) is 10.1 Å². The van der Waals surface area contributed by atoms with E-state index in [2.05, 4.69) is 10.3 Å². The van der Waals surface area contributed by atoms with Gasteiger partial charge in [-0.25, -0.2) is 4.39 Å². The van der Waals surface area contributed by atoms with Gasteiger partial charge in [-0.3, -0.25) is 9.79 Å². The second-order valence-corrected chi connectivity index (χ2v) is 8.45. The number of benzene rings is 1. The van der Waals surface area contributed by atoms with Crippen LogP contribution in [-0.4, -0.2) is 36.0 Å². The maximum absolute atomic E-state index is 13.4. The van der Waals surface area contributed by atoms with Crippen molar-refractivity contribution in [2.45, 2.75) is 31.3 Å². The molecule has 8 N–H and O–H groups in total. The predicted molar refractivity (Wildman–Crippen MR) is 112 cm³/mol. The van der Waals surface area contributed by atoms with E-state index in [1.807, 2.05) is 0 Å². The summed E-state index contributed by atoms with van der Waals surface area (Å²) in [6.07, 6.45) is 2.81. The molecule has 0 radical (unpaired) electrons. The first-order valence-electron chi connectivity index (χ1n) is 9.58. The summed E-state index contributed by atoms with van der Waals surface area (Å²) in [5, 5.41) is 13.0. The quantitative estimate of drug-likeness (QED) is 0.279. The molecule has 1 aromatic rings. The first-order valence-corrected chi connectivity index (χ1v) is 9.96. The molecule has 29 heavy (non-hydrogen) atoms. The number of nitrogens with two attached hydrogens (primary N) is 3. The van der Waals surface area contributed by atoms with E-state index in [1.165, 1.54) is 25.2 Å². The lowest BCUT2D eigenvalue weighted by molar-refractivity contribution is -0.112. The molecule has 0 aromatic heterocycles. The van der Waals surface area contributed by atoms with Crippen molar-refractivity contribution in [3.63, 3.8) is 0 Å². The molecule has 0 aliphatic heterocycles. The summed E-state index contributed by atoms with van der Waals surface area (Å²) in [6.45, 7) is 0.249. The van der Waals surface area contributed by atoms with Crippen molar-refractivity contribution in [3.05, 3.63) is 40.3 Å². The second-order valence-electron chi connectivity index (χ2n) is 8.05. The van der Waals surface area contributed by atoms with Crippen LogP contribution in [0.3, 0.4) is 0 Å². The number of carbonyl (C=O) groups excluding carboxylic acids is 1. The van der Waals surface area contributed by atoms with Gasteiger partial charge in [0.25, 0.3) is 5.91 Å². The zero-order chi connectivity index (χ0) is 21.3. The standard InChI is InChI=1S/C20H27ClFN5O2/c1-26-18(25)16(19(28)27-13-2-3-15(22)14(21)6-13)17(24)10-4-11-7-20(29,9-23)8-12(11)5-10/h2-3,6,10-12,29H,4-5,7-9,23-24H2,1H3,(H2,25,26)(H,27,28). The molecule has 2 atom stereocenters. The van der Waals surface area contributed by atoms with Gasteiger partial charge in [0.05, 0.1) is 10.6 Å². The molecule has 0 saturated heterocycles. The van der Waals surface area contributed by atoms with Gasteiger partial charge in [0, 0.05) is 25.0 Å². The summed E-state index contributed by atoms with van der Waals surface area (Å²) in [5.41, 5.74) is 18.1.